The number of nitrogens with one attached hydrogen (secondary N) is 1. The topological polar surface area (TPSA) is 87.7 Å². The maximum atomic E-state index is 13.0. The Kier molecular flexibility index (Phi) is 7.81. The first-order chi connectivity index (χ1) is 14.5. The lowest BCUT2D eigenvalue weighted by Crippen LogP contribution is -2.44. The van der Waals surface area contributed by atoms with Crippen molar-refractivity contribution < 1.29 is 18.7 Å². The molecule has 2 amide bonds. The van der Waals surface area contributed by atoms with Crippen molar-refractivity contribution in [2.24, 2.45) is 0 Å². The molecule has 0 saturated carbocycles. The Bertz CT molecular complexity index is 839. The number of nitrogens with zero attached hydrogens (tertiary/aromatic N) is 4. The molecule has 0 radical (unpaired) electrons. The lowest BCUT2D eigenvalue weighted by Gasteiger charge is -2.30. The molecule has 1 aliphatic rings. The van der Waals surface area contributed by atoms with E-state index in [9.17, 15) is 14.0 Å². The van der Waals surface area contributed by atoms with Crippen LogP contribution < -0.4 is 5.32 Å². The van der Waals surface area contributed by atoms with Crippen molar-refractivity contribution in [1.29, 1.82) is 0 Å². The molecule has 8 nitrogen and oxygen atoms in total. The summed E-state index contributed by atoms with van der Waals surface area (Å²) in [5.74, 6) is -0.877. The molecular weight excluding hydrogens is 389 g/mol. The van der Waals surface area contributed by atoms with Gasteiger partial charge in [0, 0.05) is 51.0 Å². The number of benzene rings is 1. The summed E-state index contributed by atoms with van der Waals surface area (Å²) in [5.41, 5.74) is 1.49. The van der Waals surface area contributed by atoms with Crippen LogP contribution in [0.2, 0.25) is 0 Å². The Morgan fingerprint density at radius 1 is 1.13 bits per heavy atom. The predicted molar refractivity (Wildman–Crippen MR) is 110 cm³/mol. The van der Waals surface area contributed by atoms with E-state index < -0.39 is 0 Å². The van der Waals surface area contributed by atoms with E-state index in [1.54, 1.807) is 18.0 Å². The second-order valence-electron chi connectivity index (χ2n) is 7.09. The first-order valence-electron chi connectivity index (χ1n) is 9.95. The van der Waals surface area contributed by atoms with Gasteiger partial charge < -0.3 is 15.0 Å². The van der Waals surface area contributed by atoms with Gasteiger partial charge >= 0.3 is 0 Å². The third-order valence-corrected chi connectivity index (χ3v) is 4.81. The number of amides is 2. The van der Waals surface area contributed by atoms with Crippen molar-refractivity contribution in [3.8, 4) is 0 Å². The third kappa shape index (κ3) is 6.57. The van der Waals surface area contributed by atoms with Crippen LogP contribution in [-0.4, -0.2) is 77.5 Å². The number of hydrogen-bond acceptors (Lipinski definition) is 6. The van der Waals surface area contributed by atoms with Crippen molar-refractivity contribution in [3.05, 3.63) is 53.9 Å². The van der Waals surface area contributed by atoms with E-state index >= 15 is 0 Å². The molecule has 0 atom stereocenters. The number of carbonyl (C=O) groups is 2. The van der Waals surface area contributed by atoms with Gasteiger partial charge in [0.2, 0.25) is 5.91 Å². The minimum atomic E-state index is -0.368. The van der Waals surface area contributed by atoms with Gasteiger partial charge in [-0.1, -0.05) is 0 Å². The van der Waals surface area contributed by atoms with Crippen LogP contribution in [0.4, 0.5) is 10.1 Å². The highest BCUT2D eigenvalue weighted by Gasteiger charge is 2.20. The van der Waals surface area contributed by atoms with Gasteiger partial charge in [0.25, 0.3) is 5.91 Å². The molecule has 1 saturated heterocycles. The number of aryl methyl sites for hydroxylation is 1. The molecule has 1 aromatic heterocycles. The van der Waals surface area contributed by atoms with Gasteiger partial charge in [-0.25, -0.2) is 9.37 Å². The van der Waals surface area contributed by atoms with E-state index in [1.807, 2.05) is 0 Å². The number of anilines is 1. The molecule has 0 spiro atoms. The number of halogens is 1. The third-order valence-electron chi connectivity index (χ3n) is 4.81. The van der Waals surface area contributed by atoms with Crippen molar-refractivity contribution in [1.82, 2.24) is 19.8 Å². The number of morpholine rings is 1. The van der Waals surface area contributed by atoms with Crippen LogP contribution >= 0.6 is 0 Å². The molecule has 30 heavy (non-hydrogen) atoms. The molecule has 1 aromatic carbocycles. The van der Waals surface area contributed by atoms with Crippen LogP contribution in [0.3, 0.4) is 0 Å². The molecule has 1 aliphatic heterocycles. The second-order valence-corrected chi connectivity index (χ2v) is 7.09. The lowest BCUT2D eigenvalue weighted by molar-refractivity contribution is -0.116. The van der Waals surface area contributed by atoms with Gasteiger partial charge in [-0.05, 0) is 31.2 Å². The second kappa shape index (κ2) is 10.7. The molecule has 0 unspecified atom stereocenters. The average Bonchev–Trinajstić information content (AvgIpc) is 2.76. The predicted octanol–water partition coefficient (Wildman–Crippen LogP) is 1.73. The highest BCUT2D eigenvalue weighted by atomic mass is 19.1. The number of carbonyl (C=O) groups excluding carboxylic acids is 2. The van der Waals surface area contributed by atoms with Crippen molar-refractivity contribution >= 4 is 17.5 Å². The maximum Gasteiger partial charge on any atom is 0.274 e. The fraction of sp³-hybridized carbons (Fsp3) is 0.429. The molecule has 9 heteroatoms. The standard InChI is InChI=1S/C21H26FN5O3/c1-16-14-24-19(15-23-16)21(29)27(9-8-26-10-12-30-13-11-26)7-6-20(28)25-18-4-2-17(22)3-5-18/h2-5,14-15H,6-13H2,1H3,(H,25,28). The van der Waals surface area contributed by atoms with E-state index in [2.05, 4.69) is 20.2 Å². The van der Waals surface area contributed by atoms with Crippen molar-refractivity contribution in [2.75, 3.05) is 51.3 Å². The van der Waals surface area contributed by atoms with Gasteiger partial charge in [0.1, 0.15) is 11.5 Å². The molecule has 1 fully saturated rings. The molecule has 3 rings (SSSR count). The Labute approximate surface area is 175 Å². The Hall–Kier alpha value is -2.91. The average molecular weight is 415 g/mol. The zero-order valence-electron chi connectivity index (χ0n) is 17.0. The fourth-order valence-electron chi connectivity index (χ4n) is 3.06. The van der Waals surface area contributed by atoms with E-state index in [4.69, 9.17) is 4.74 Å². The van der Waals surface area contributed by atoms with Crippen LogP contribution in [0.5, 0.6) is 0 Å². The summed E-state index contributed by atoms with van der Waals surface area (Å²) in [6.07, 6.45) is 3.12. The van der Waals surface area contributed by atoms with E-state index in [-0.39, 0.29) is 36.3 Å². The van der Waals surface area contributed by atoms with Gasteiger partial charge in [-0.15, -0.1) is 0 Å². The largest absolute Gasteiger partial charge is 0.379 e. The fourth-order valence-corrected chi connectivity index (χ4v) is 3.06. The molecule has 160 valence electrons. The SMILES string of the molecule is Cc1cnc(C(=O)N(CCC(=O)Nc2ccc(F)cc2)CCN2CCOCC2)cn1. The van der Waals surface area contributed by atoms with Crippen molar-refractivity contribution in [2.45, 2.75) is 13.3 Å². The van der Waals surface area contributed by atoms with Crippen LogP contribution in [0, 0.1) is 12.7 Å². The number of ether oxygens (including phenoxy) is 1. The monoisotopic (exact) mass is 415 g/mol. The summed E-state index contributed by atoms with van der Waals surface area (Å²) in [4.78, 5) is 37.4. The lowest BCUT2D eigenvalue weighted by atomic mass is 10.2. The zero-order chi connectivity index (χ0) is 21.3. The Morgan fingerprint density at radius 2 is 1.87 bits per heavy atom. The molecule has 2 heterocycles. The highest BCUT2D eigenvalue weighted by molar-refractivity contribution is 5.93. The minimum absolute atomic E-state index is 0.117. The Balaban J connectivity index is 1.60. The van der Waals surface area contributed by atoms with E-state index in [1.165, 1.54) is 30.5 Å². The summed E-state index contributed by atoms with van der Waals surface area (Å²) < 4.78 is 18.4. The molecule has 1 N–H and O–H groups in total. The maximum absolute atomic E-state index is 13.0. The molecule has 0 bridgehead atoms. The molecule has 0 aliphatic carbocycles. The number of rotatable bonds is 8. The van der Waals surface area contributed by atoms with Gasteiger partial charge in [0.05, 0.1) is 25.1 Å². The van der Waals surface area contributed by atoms with Crippen molar-refractivity contribution in [3.63, 3.8) is 0 Å². The smallest absolute Gasteiger partial charge is 0.274 e. The van der Waals surface area contributed by atoms with Gasteiger partial charge in [0.15, 0.2) is 0 Å². The summed E-state index contributed by atoms with van der Waals surface area (Å²) in [5, 5.41) is 2.72. The van der Waals surface area contributed by atoms with E-state index in [0.29, 0.717) is 32.0 Å². The zero-order valence-corrected chi connectivity index (χ0v) is 17.0. The summed E-state index contributed by atoms with van der Waals surface area (Å²) in [6, 6.07) is 5.56. The van der Waals surface area contributed by atoms with Crippen LogP contribution in [0.1, 0.15) is 22.6 Å². The highest BCUT2D eigenvalue weighted by Crippen LogP contribution is 2.10. The first kappa shape index (κ1) is 21.8. The summed E-state index contributed by atoms with van der Waals surface area (Å²) in [7, 11) is 0. The van der Waals surface area contributed by atoms with Gasteiger partial charge in [-0.3, -0.25) is 19.5 Å². The number of hydrogen-bond donors (Lipinski definition) is 1. The molecule has 2 aromatic rings. The summed E-state index contributed by atoms with van der Waals surface area (Å²) >= 11 is 0. The first-order valence-corrected chi connectivity index (χ1v) is 9.95. The normalized spacial score (nSPS) is 14.3. The minimum Gasteiger partial charge on any atom is -0.379 e. The van der Waals surface area contributed by atoms with Crippen LogP contribution in [-0.2, 0) is 9.53 Å². The summed E-state index contributed by atoms with van der Waals surface area (Å²) in [6.45, 7) is 6.19. The van der Waals surface area contributed by atoms with Crippen LogP contribution in [0.15, 0.2) is 36.7 Å². The quantitative estimate of drug-likeness (QED) is 0.707. The number of aromatic nitrogens is 2. The van der Waals surface area contributed by atoms with E-state index in [0.717, 1.165) is 18.8 Å². The van der Waals surface area contributed by atoms with Gasteiger partial charge in [-0.2, -0.15) is 0 Å². The van der Waals surface area contributed by atoms with Crippen LogP contribution in [0.25, 0.3) is 0 Å². The molecular formula is C21H26FN5O3. The Morgan fingerprint density at radius 3 is 2.53 bits per heavy atom.